The van der Waals surface area contributed by atoms with Crippen LogP contribution < -0.4 is 5.32 Å². The summed E-state index contributed by atoms with van der Waals surface area (Å²) in [4.78, 5) is 15.0. The summed E-state index contributed by atoms with van der Waals surface area (Å²) in [5, 5.41) is 3.42. The monoisotopic (exact) mass is 322 g/mol. The summed E-state index contributed by atoms with van der Waals surface area (Å²) in [6.45, 7) is 4.46. The van der Waals surface area contributed by atoms with Crippen molar-refractivity contribution in [3.05, 3.63) is 35.4 Å². The molecule has 1 aliphatic carbocycles. The van der Waals surface area contributed by atoms with E-state index in [1.807, 2.05) is 18.7 Å². The number of halogens is 2. The van der Waals surface area contributed by atoms with Crippen LogP contribution in [0, 0.1) is 11.6 Å². The lowest BCUT2D eigenvalue weighted by Crippen LogP contribution is -2.66. The van der Waals surface area contributed by atoms with E-state index in [4.69, 9.17) is 0 Å². The third-order valence-electron chi connectivity index (χ3n) is 5.15. The summed E-state index contributed by atoms with van der Waals surface area (Å²) < 4.78 is 27.2. The van der Waals surface area contributed by atoms with Crippen LogP contribution in [0.15, 0.2) is 18.2 Å². The first-order valence-corrected chi connectivity index (χ1v) is 8.47. The van der Waals surface area contributed by atoms with Crippen LogP contribution in [0.1, 0.15) is 57.6 Å². The SMILES string of the molecule is CC(C)N1C(=O)C2(CCCCC2)NC[C@H]1c1cc(F)cc(F)c1. The smallest absolute Gasteiger partial charge is 0.243 e. The van der Waals surface area contributed by atoms with E-state index >= 15 is 0 Å². The van der Waals surface area contributed by atoms with Gasteiger partial charge < -0.3 is 10.2 Å². The number of benzene rings is 1. The van der Waals surface area contributed by atoms with Crippen molar-refractivity contribution in [2.45, 2.75) is 63.6 Å². The molecule has 5 heteroatoms. The number of carbonyl (C=O) groups excluding carboxylic acids is 1. The van der Waals surface area contributed by atoms with Gasteiger partial charge in [0.15, 0.2) is 0 Å². The molecule has 0 radical (unpaired) electrons. The first kappa shape index (κ1) is 16.4. The van der Waals surface area contributed by atoms with Crippen LogP contribution in [-0.2, 0) is 4.79 Å². The van der Waals surface area contributed by atoms with Gasteiger partial charge in [-0.25, -0.2) is 8.78 Å². The Morgan fingerprint density at radius 3 is 2.30 bits per heavy atom. The maximum atomic E-state index is 13.6. The van der Waals surface area contributed by atoms with E-state index < -0.39 is 17.2 Å². The molecule has 1 heterocycles. The topological polar surface area (TPSA) is 32.3 Å². The first-order chi connectivity index (χ1) is 10.9. The molecule has 3 nitrogen and oxygen atoms in total. The third kappa shape index (κ3) is 2.99. The molecule has 0 aromatic heterocycles. The minimum atomic E-state index is -0.603. The van der Waals surface area contributed by atoms with Crippen LogP contribution in [0.3, 0.4) is 0 Å². The van der Waals surface area contributed by atoms with Crippen LogP contribution in [0.5, 0.6) is 0 Å². The fraction of sp³-hybridized carbons (Fsp3) is 0.611. The van der Waals surface area contributed by atoms with Crippen molar-refractivity contribution in [3.8, 4) is 0 Å². The summed E-state index contributed by atoms with van der Waals surface area (Å²) in [6, 6.07) is 3.18. The molecule has 3 rings (SSSR count). The lowest BCUT2D eigenvalue weighted by Gasteiger charge is -2.50. The average Bonchev–Trinajstić information content (AvgIpc) is 2.49. The molecule has 0 unspecified atom stereocenters. The average molecular weight is 322 g/mol. The Labute approximate surface area is 136 Å². The molecule has 1 aliphatic heterocycles. The number of hydrogen-bond acceptors (Lipinski definition) is 2. The minimum absolute atomic E-state index is 0.0141. The molecule has 1 aromatic carbocycles. The summed E-state index contributed by atoms with van der Waals surface area (Å²) in [5.74, 6) is -1.13. The second kappa shape index (κ2) is 6.19. The number of piperazine rings is 1. The Morgan fingerprint density at radius 1 is 1.13 bits per heavy atom. The first-order valence-electron chi connectivity index (χ1n) is 8.47. The van der Waals surface area contributed by atoms with Gasteiger partial charge in [0, 0.05) is 18.7 Å². The van der Waals surface area contributed by atoms with Crippen LogP contribution in [0.25, 0.3) is 0 Å². The van der Waals surface area contributed by atoms with Crippen molar-refractivity contribution in [1.82, 2.24) is 10.2 Å². The number of hydrogen-bond donors (Lipinski definition) is 1. The van der Waals surface area contributed by atoms with Gasteiger partial charge in [-0.2, -0.15) is 0 Å². The van der Waals surface area contributed by atoms with E-state index in [1.54, 1.807) is 0 Å². The van der Waals surface area contributed by atoms with E-state index in [0.29, 0.717) is 12.1 Å². The van der Waals surface area contributed by atoms with Crippen LogP contribution >= 0.6 is 0 Å². The van der Waals surface area contributed by atoms with E-state index in [-0.39, 0.29) is 18.0 Å². The fourth-order valence-electron chi connectivity index (χ4n) is 4.04. The quantitative estimate of drug-likeness (QED) is 0.903. The molecule has 0 bridgehead atoms. The lowest BCUT2D eigenvalue weighted by molar-refractivity contribution is -0.149. The number of nitrogens with zero attached hydrogens (tertiary/aromatic N) is 1. The molecule has 2 fully saturated rings. The Balaban J connectivity index is 1.94. The Bertz CT molecular complexity index is 576. The maximum Gasteiger partial charge on any atom is 0.243 e. The molecule has 23 heavy (non-hydrogen) atoms. The van der Waals surface area contributed by atoms with E-state index in [0.717, 1.165) is 38.2 Å². The standard InChI is InChI=1S/C18H24F2N2O/c1-12(2)22-16(13-8-14(19)10-15(20)9-13)11-21-18(17(22)23)6-4-3-5-7-18/h8-10,12,16,21H,3-7,11H2,1-2H3/t16-/m0/s1. The number of carbonyl (C=O) groups is 1. The molecule has 2 aliphatic rings. The van der Waals surface area contributed by atoms with Gasteiger partial charge in [-0.3, -0.25) is 4.79 Å². The van der Waals surface area contributed by atoms with Gasteiger partial charge >= 0.3 is 0 Å². The molecular weight excluding hydrogens is 298 g/mol. The fourth-order valence-corrected chi connectivity index (χ4v) is 4.04. The molecule has 1 amide bonds. The Morgan fingerprint density at radius 2 is 1.74 bits per heavy atom. The third-order valence-corrected chi connectivity index (χ3v) is 5.15. The van der Waals surface area contributed by atoms with Gasteiger partial charge in [-0.1, -0.05) is 19.3 Å². The maximum absolute atomic E-state index is 13.6. The van der Waals surface area contributed by atoms with Gasteiger partial charge in [-0.05, 0) is 44.4 Å². The highest BCUT2D eigenvalue weighted by atomic mass is 19.1. The highest BCUT2D eigenvalue weighted by Gasteiger charge is 2.48. The summed E-state index contributed by atoms with van der Waals surface area (Å²) in [7, 11) is 0. The Kier molecular flexibility index (Phi) is 4.41. The van der Waals surface area contributed by atoms with Gasteiger partial charge in [0.1, 0.15) is 11.6 Å². The van der Waals surface area contributed by atoms with E-state index in [9.17, 15) is 13.6 Å². The van der Waals surface area contributed by atoms with Gasteiger partial charge in [0.2, 0.25) is 5.91 Å². The van der Waals surface area contributed by atoms with Crippen LogP contribution in [0.2, 0.25) is 0 Å². The van der Waals surface area contributed by atoms with Crippen molar-refractivity contribution in [1.29, 1.82) is 0 Å². The largest absolute Gasteiger partial charge is 0.330 e. The predicted molar refractivity (Wildman–Crippen MR) is 84.9 cm³/mol. The highest BCUT2D eigenvalue weighted by molar-refractivity contribution is 5.88. The van der Waals surface area contributed by atoms with Crippen molar-refractivity contribution < 1.29 is 13.6 Å². The van der Waals surface area contributed by atoms with Crippen molar-refractivity contribution in [2.24, 2.45) is 0 Å². The molecule has 1 aromatic rings. The summed E-state index contributed by atoms with van der Waals surface area (Å²) in [6.07, 6.45) is 4.95. The molecule has 1 saturated heterocycles. The normalized spacial score (nSPS) is 24.5. The molecule has 1 saturated carbocycles. The number of rotatable bonds is 2. The number of amides is 1. The predicted octanol–water partition coefficient (Wildman–Crippen LogP) is 3.55. The van der Waals surface area contributed by atoms with Crippen LogP contribution in [-0.4, -0.2) is 28.9 Å². The van der Waals surface area contributed by atoms with E-state index in [1.165, 1.54) is 12.1 Å². The molecule has 1 N–H and O–H groups in total. The zero-order chi connectivity index (χ0) is 16.6. The van der Waals surface area contributed by atoms with Crippen LogP contribution in [0.4, 0.5) is 8.78 Å². The molecule has 1 atom stereocenters. The second-order valence-corrected chi connectivity index (χ2v) is 7.05. The second-order valence-electron chi connectivity index (χ2n) is 7.05. The zero-order valence-electron chi connectivity index (χ0n) is 13.7. The number of nitrogens with one attached hydrogen (secondary N) is 1. The minimum Gasteiger partial charge on any atom is -0.330 e. The molecule has 1 spiro atoms. The highest BCUT2D eigenvalue weighted by Crippen LogP contribution is 2.37. The Hall–Kier alpha value is -1.49. The summed E-state index contributed by atoms with van der Waals surface area (Å²) >= 11 is 0. The van der Waals surface area contributed by atoms with Gasteiger partial charge in [-0.15, -0.1) is 0 Å². The molecule has 126 valence electrons. The lowest BCUT2D eigenvalue weighted by atomic mass is 9.77. The van der Waals surface area contributed by atoms with Gasteiger partial charge in [0.05, 0.1) is 11.6 Å². The van der Waals surface area contributed by atoms with Gasteiger partial charge in [0.25, 0.3) is 0 Å². The van der Waals surface area contributed by atoms with Crippen molar-refractivity contribution in [2.75, 3.05) is 6.54 Å². The van der Waals surface area contributed by atoms with Crippen molar-refractivity contribution >= 4 is 5.91 Å². The molecular formula is C18H24F2N2O. The zero-order valence-corrected chi connectivity index (χ0v) is 13.7. The van der Waals surface area contributed by atoms with E-state index in [2.05, 4.69) is 5.32 Å². The summed E-state index contributed by atoms with van der Waals surface area (Å²) in [5.41, 5.74) is 0.0351. The van der Waals surface area contributed by atoms with Crippen molar-refractivity contribution in [3.63, 3.8) is 0 Å².